The van der Waals surface area contributed by atoms with Gasteiger partial charge in [0.15, 0.2) is 0 Å². The number of nitrogens with zero attached hydrogens (tertiary/aromatic N) is 3. The minimum absolute atomic E-state index is 0.0165. The number of ether oxygens (including phenoxy) is 1. The van der Waals surface area contributed by atoms with Crippen LogP contribution in [0.4, 0.5) is 23.2 Å². The summed E-state index contributed by atoms with van der Waals surface area (Å²) in [5, 5.41) is 12.9. The molecule has 0 aliphatic carbocycles. The van der Waals surface area contributed by atoms with Gasteiger partial charge in [0.2, 0.25) is 0 Å². The Kier molecular flexibility index (Phi) is 8.66. The van der Waals surface area contributed by atoms with E-state index in [4.69, 9.17) is 4.74 Å². The highest BCUT2D eigenvalue weighted by molar-refractivity contribution is 5.99. The number of anilines is 1. The van der Waals surface area contributed by atoms with E-state index in [0.717, 1.165) is 16.7 Å². The maximum absolute atomic E-state index is 15.3. The van der Waals surface area contributed by atoms with Crippen LogP contribution in [0.5, 0.6) is 0 Å². The van der Waals surface area contributed by atoms with Gasteiger partial charge < -0.3 is 24.6 Å². The van der Waals surface area contributed by atoms with Crippen molar-refractivity contribution in [3.63, 3.8) is 0 Å². The van der Waals surface area contributed by atoms with E-state index in [9.17, 15) is 32.7 Å². The quantitative estimate of drug-likeness (QED) is 0.290. The number of carboxylic acids is 1. The van der Waals surface area contributed by atoms with E-state index < -0.39 is 48.1 Å². The second-order valence-electron chi connectivity index (χ2n) is 10.9. The molecule has 0 saturated carbocycles. The highest BCUT2D eigenvalue weighted by Crippen LogP contribution is 2.33. The van der Waals surface area contributed by atoms with Gasteiger partial charge in [-0.1, -0.05) is 18.2 Å². The van der Waals surface area contributed by atoms with Crippen molar-refractivity contribution in [1.29, 1.82) is 0 Å². The van der Waals surface area contributed by atoms with Crippen LogP contribution < -0.4 is 15.8 Å². The SMILES string of the molecule is Cc1cc(N2CCOC[C@@H]2C(F)(F)F)cc(F)c1C(=O)N[C@@H](Cc1ccc(-c2ccc(C)n(C)c2=O)c2ncccc12)C(=O)O. The number of nitrogens with one attached hydrogen (secondary N) is 1. The van der Waals surface area contributed by atoms with Gasteiger partial charge in [0.05, 0.1) is 24.3 Å². The second-order valence-corrected chi connectivity index (χ2v) is 10.9. The molecule has 2 aromatic heterocycles. The molecule has 0 bridgehead atoms. The Bertz CT molecular complexity index is 1830. The fourth-order valence-electron chi connectivity index (χ4n) is 5.57. The molecule has 1 amide bonds. The third-order valence-corrected chi connectivity index (χ3v) is 8.07. The number of alkyl halides is 3. The summed E-state index contributed by atoms with van der Waals surface area (Å²) in [6.07, 6.45) is -3.27. The van der Waals surface area contributed by atoms with E-state index in [0.29, 0.717) is 27.6 Å². The number of aliphatic carboxylic acids is 1. The summed E-state index contributed by atoms with van der Waals surface area (Å²) in [5.74, 6) is -3.49. The van der Waals surface area contributed by atoms with Crippen LogP contribution in [0.15, 0.2) is 59.5 Å². The van der Waals surface area contributed by atoms with Crippen molar-refractivity contribution in [2.45, 2.75) is 38.5 Å². The van der Waals surface area contributed by atoms with E-state index in [1.807, 2.05) is 0 Å². The molecule has 13 heteroatoms. The van der Waals surface area contributed by atoms with E-state index in [2.05, 4.69) is 10.3 Å². The summed E-state index contributed by atoms with van der Waals surface area (Å²) in [4.78, 5) is 43.9. The number of carboxylic acid groups (broad SMARTS) is 1. The summed E-state index contributed by atoms with van der Waals surface area (Å²) in [5.41, 5.74) is 1.98. The van der Waals surface area contributed by atoms with Crippen molar-refractivity contribution in [2.24, 2.45) is 7.05 Å². The lowest BCUT2D eigenvalue weighted by atomic mass is 9.95. The van der Waals surface area contributed by atoms with E-state index in [1.54, 1.807) is 56.6 Å². The Morgan fingerprint density at radius 2 is 1.87 bits per heavy atom. The molecule has 4 aromatic rings. The van der Waals surface area contributed by atoms with Crippen molar-refractivity contribution >= 4 is 28.5 Å². The predicted molar refractivity (Wildman–Crippen MR) is 159 cm³/mol. The molecular weight excluding hydrogens is 596 g/mol. The van der Waals surface area contributed by atoms with Crippen molar-refractivity contribution < 1.29 is 37.0 Å². The van der Waals surface area contributed by atoms with Crippen LogP contribution in [-0.4, -0.2) is 64.6 Å². The summed E-state index contributed by atoms with van der Waals surface area (Å²) >= 11 is 0. The number of fused-ring (bicyclic) bond motifs is 1. The molecular formula is C32H30F4N4O5. The van der Waals surface area contributed by atoms with Crippen molar-refractivity contribution in [3.05, 3.63) is 93.3 Å². The molecule has 5 rings (SSSR count). The van der Waals surface area contributed by atoms with Gasteiger partial charge in [0.1, 0.15) is 17.9 Å². The Hall–Kier alpha value is -4.78. The number of pyridine rings is 2. The van der Waals surface area contributed by atoms with Crippen LogP contribution in [0.2, 0.25) is 0 Å². The molecule has 236 valence electrons. The first kappa shape index (κ1) is 31.6. The molecule has 1 aliphatic heterocycles. The van der Waals surface area contributed by atoms with Crippen molar-refractivity contribution in [3.8, 4) is 11.1 Å². The molecule has 2 atom stereocenters. The van der Waals surface area contributed by atoms with Crippen LogP contribution in [0, 0.1) is 19.7 Å². The molecule has 2 N–H and O–H groups in total. The summed E-state index contributed by atoms with van der Waals surface area (Å²) in [7, 11) is 1.66. The Morgan fingerprint density at radius 1 is 1.13 bits per heavy atom. The van der Waals surface area contributed by atoms with Gasteiger partial charge in [-0.05, 0) is 55.3 Å². The number of aryl methyl sites for hydroxylation is 2. The number of hydrogen-bond acceptors (Lipinski definition) is 6. The second kappa shape index (κ2) is 12.3. The predicted octanol–water partition coefficient (Wildman–Crippen LogP) is 4.55. The van der Waals surface area contributed by atoms with Gasteiger partial charge in [-0.3, -0.25) is 14.6 Å². The van der Waals surface area contributed by atoms with Crippen LogP contribution in [0.1, 0.15) is 27.2 Å². The zero-order valence-corrected chi connectivity index (χ0v) is 24.6. The summed E-state index contributed by atoms with van der Waals surface area (Å²) in [6.45, 7) is 2.45. The number of benzene rings is 2. The monoisotopic (exact) mass is 626 g/mol. The first-order valence-corrected chi connectivity index (χ1v) is 14.1. The largest absolute Gasteiger partial charge is 0.480 e. The van der Waals surface area contributed by atoms with E-state index >= 15 is 4.39 Å². The maximum atomic E-state index is 15.3. The third-order valence-electron chi connectivity index (χ3n) is 8.07. The number of amides is 1. The van der Waals surface area contributed by atoms with E-state index in [1.165, 1.54) is 17.6 Å². The van der Waals surface area contributed by atoms with Gasteiger partial charge in [-0.15, -0.1) is 0 Å². The zero-order chi connectivity index (χ0) is 32.6. The molecule has 9 nitrogen and oxygen atoms in total. The van der Waals surface area contributed by atoms with Crippen molar-refractivity contribution in [1.82, 2.24) is 14.9 Å². The minimum atomic E-state index is -4.62. The summed E-state index contributed by atoms with van der Waals surface area (Å²) < 4.78 is 62.6. The number of carbonyl (C=O) groups excluding carboxylic acids is 1. The lowest BCUT2D eigenvalue weighted by molar-refractivity contribution is -0.167. The van der Waals surface area contributed by atoms with Crippen molar-refractivity contribution in [2.75, 3.05) is 24.7 Å². The fraction of sp³-hybridized carbons (Fsp3) is 0.312. The number of hydrogen-bond donors (Lipinski definition) is 2. The molecule has 45 heavy (non-hydrogen) atoms. The van der Waals surface area contributed by atoms with Gasteiger partial charge >= 0.3 is 12.1 Å². The molecule has 1 fully saturated rings. The van der Waals surface area contributed by atoms with Gasteiger partial charge in [0.25, 0.3) is 11.5 Å². The number of aromatic nitrogens is 2. The third kappa shape index (κ3) is 6.25. The lowest BCUT2D eigenvalue weighted by Gasteiger charge is -2.38. The Labute approximate surface area is 255 Å². The molecule has 1 aliphatic rings. The van der Waals surface area contributed by atoms with Gasteiger partial charge in [-0.2, -0.15) is 13.2 Å². The average Bonchev–Trinajstić information content (AvgIpc) is 2.99. The smallest absolute Gasteiger partial charge is 0.411 e. The maximum Gasteiger partial charge on any atom is 0.411 e. The number of morpholine rings is 1. The first-order valence-electron chi connectivity index (χ1n) is 14.1. The van der Waals surface area contributed by atoms with Gasteiger partial charge in [-0.25, -0.2) is 9.18 Å². The van der Waals surface area contributed by atoms with Crippen LogP contribution >= 0.6 is 0 Å². The lowest BCUT2D eigenvalue weighted by Crippen LogP contribution is -2.53. The Morgan fingerprint density at radius 3 is 2.56 bits per heavy atom. The van der Waals surface area contributed by atoms with Gasteiger partial charge in [0, 0.05) is 54.1 Å². The average molecular weight is 627 g/mol. The molecule has 2 aromatic carbocycles. The zero-order valence-electron chi connectivity index (χ0n) is 24.6. The summed E-state index contributed by atoms with van der Waals surface area (Å²) in [6, 6.07) is 8.85. The van der Waals surface area contributed by atoms with E-state index in [-0.39, 0.29) is 36.4 Å². The number of rotatable bonds is 7. The molecule has 0 radical (unpaired) electrons. The first-order chi connectivity index (χ1) is 21.3. The van der Waals surface area contributed by atoms with Crippen LogP contribution in [0.25, 0.3) is 22.0 Å². The molecule has 0 unspecified atom stereocenters. The number of halogens is 4. The molecule has 3 heterocycles. The minimum Gasteiger partial charge on any atom is -0.480 e. The van der Waals surface area contributed by atoms with Crippen LogP contribution in [0.3, 0.4) is 0 Å². The topological polar surface area (TPSA) is 114 Å². The molecule has 0 spiro atoms. The highest BCUT2D eigenvalue weighted by atomic mass is 19.4. The van der Waals surface area contributed by atoms with Crippen LogP contribution in [-0.2, 0) is 23.0 Å². The molecule has 1 saturated heterocycles. The number of carbonyl (C=O) groups is 2. The normalized spacial score (nSPS) is 16.1. The standard InChI is InChI=1S/C32H30F4N4O5/c1-17-13-20(40-11-12-45-16-26(40)32(34,35)36)15-24(33)27(17)29(41)38-25(31(43)44)14-19-7-9-22(28-21(19)5-4-10-37-28)23-8-6-18(2)39(3)30(23)42/h4-10,13,15,25-26H,11-12,14,16H2,1-3H3,(H,38,41)(H,43,44)/t25-,26+/m0/s1. The highest BCUT2D eigenvalue weighted by Gasteiger charge is 2.45. The fourth-order valence-corrected chi connectivity index (χ4v) is 5.57. The Balaban J connectivity index is 1.43.